The van der Waals surface area contributed by atoms with Crippen LogP contribution in [0.5, 0.6) is 0 Å². The van der Waals surface area contributed by atoms with Crippen LogP contribution in [0.15, 0.2) is 24.3 Å². The summed E-state index contributed by atoms with van der Waals surface area (Å²) in [6.45, 7) is 4.68. The van der Waals surface area contributed by atoms with Crippen LogP contribution in [0.4, 0.5) is 4.39 Å². The van der Waals surface area contributed by atoms with Crippen LogP contribution in [0.2, 0.25) is 0 Å². The van der Waals surface area contributed by atoms with Crippen LogP contribution >= 0.6 is 11.6 Å². The van der Waals surface area contributed by atoms with E-state index in [4.69, 9.17) is 11.6 Å². The van der Waals surface area contributed by atoms with Crippen molar-refractivity contribution in [1.82, 2.24) is 5.32 Å². The molecule has 0 aliphatic rings. The number of hydrogen-bond acceptors (Lipinski definition) is 1. The second kappa shape index (κ2) is 8.16. The Morgan fingerprint density at radius 2 is 1.84 bits per heavy atom. The van der Waals surface area contributed by atoms with Crippen LogP contribution in [0, 0.1) is 11.7 Å². The lowest BCUT2D eigenvalue weighted by atomic mass is 9.99. The van der Waals surface area contributed by atoms with Gasteiger partial charge in [-0.05, 0) is 23.6 Å². The first-order valence-corrected chi connectivity index (χ1v) is 7.15. The first-order valence-electron chi connectivity index (χ1n) is 6.72. The zero-order valence-electron chi connectivity index (χ0n) is 11.5. The molecule has 4 heteroatoms. The van der Waals surface area contributed by atoms with Gasteiger partial charge in [-0.25, -0.2) is 4.39 Å². The average molecular weight is 286 g/mol. The summed E-state index contributed by atoms with van der Waals surface area (Å²) in [7, 11) is 0. The van der Waals surface area contributed by atoms with Crippen molar-refractivity contribution in [3.8, 4) is 0 Å². The lowest BCUT2D eigenvalue weighted by molar-refractivity contribution is -0.120. The maximum absolute atomic E-state index is 12.7. The highest BCUT2D eigenvalue weighted by atomic mass is 35.5. The van der Waals surface area contributed by atoms with Crippen molar-refractivity contribution >= 4 is 17.5 Å². The number of carbonyl (C=O) groups is 1. The number of alkyl halides is 1. The van der Waals surface area contributed by atoms with Crippen LogP contribution in [-0.2, 0) is 11.2 Å². The van der Waals surface area contributed by atoms with Gasteiger partial charge in [0.2, 0.25) is 5.91 Å². The SMILES string of the molecule is CCC(CC)C(Cl)CNC(=O)Cc1ccc(F)cc1. The van der Waals surface area contributed by atoms with E-state index in [1.54, 1.807) is 12.1 Å². The Hall–Kier alpha value is -1.09. The van der Waals surface area contributed by atoms with Gasteiger partial charge in [0.25, 0.3) is 0 Å². The quantitative estimate of drug-likeness (QED) is 0.763. The predicted octanol–water partition coefficient (Wildman–Crippen LogP) is 3.53. The van der Waals surface area contributed by atoms with Crippen LogP contribution in [0.1, 0.15) is 32.3 Å². The van der Waals surface area contributed by atoms with E-state index in [2.05, 4.69) is 19.2 Å². The molecule has 0 fully saturated rings. The highest BCUT2D eigenvalue weighted by Crippen LogP contribution is 2.17. The third-order valence-corrected chi connectivity index (χ3v) is 3.84. The second-order valence-electron chi connectivity index (χ2n) is 4.70. The first kappa shape index (κ1) is 16.0. The maximum atomic E-state index is 12.7. The van der Waals surface area contributed by atoms with E-state index >= 15 is 0 Å². The average Bonchev–Trinajstić information content (AvgIpc) is 2.40. The summed E-state index contributed by atoms with van der Waals surface area (Å²) >= 11 is 6.25. The molecular formula is C15H21ClFNO. The van der Waals surface area contributed by atoms with Gasteiger partial charge in [0.05, 0.1) is 11.8 Å². The highest BCUT2D eigenvalue weighted by molar-refractivity contribution is 6.21. The van der Waals surface area contributed by atoms with E-state index in [1.807, 2.05) is 0 Å². The van der Waals surface area contributed by atoms with Gasteiger partial charge in [0, 0.05) is 6.54 Å². The van der Waals surface area contributed by atoms with Gasteiger partial charge in [0.15, 0.2) is 0 Å². The lowest BCUT2D eigenvalue weighted by Gasteiger charge is -2.19. The van der Waals surface area contributed by atoms with Crippen LogP contribution in [-0.4, -0.2) is 17.8 Å². The maximum Gasteiger partial charge on any atom is 0.224 e. The first-order chi connectivity index (χ1) is 9.06. The van der Waals surface area contributed by atoms with Crippen molar-refractivity contribution in [3.05, 3.63) is 35.6 Å². The summed E-state index contributed by atoms with van der Waals surface area (Å²) in [6.07, 6.45) is 2.28. The number of amides is 1. The van der Waals surface area contributed by atoms with Gasteiger partial charge < -0.3 is 5.32 Å². The van der Waals surface area contributed by atoms with Gasteiger partial charge in [-0.1, -0.05) is 38.8 Å². The van der Waals surface area contributed by atoms with E-state index in [-0.39, 0.29) is 23.5 Å². The predicted molar refractivity (Wildman–Crippen MR) is 76.8 cm³/mol. The van der Waals surface area contributed by atoms with E-state index in [0.29, 0.717) is 12.5 Å². The molecule has 0 spiro atoms. The van der Waals surface area contributed by atoms with Gasteiger partial charge in [-0.3, -0.25) is 4.79 Å². The van der Waals surface area contributed by atoms with Crippen molar-refractivity contribution in [2.24, 2.45) is 5.92 Å². The Kier molecular flexibility index (Phi) is 6.85. The molecule has 0 radical (unpaired) electrons. The van der Waals surface area contributed by atoms with Gasteiger partial charge >= 0.3 is 0 Å². The molecule has 1 aromatic rings. The summed E-state index contributed by atoms with van der Waals surface area (Å²) in [4.78, 5) is 11.7. The van der Waals surface area contributed by atoms with Crippen LogP contribution < -0.4 is 5.32 Å². The number of nitrogens with one attached hydrogen (secondary N) is 1. The minimum Gasteiger partial charge on any atom is -0.354 e. The zero-order chi connectivity index (χ0) is 14.3. The molecule has 1 amide bonds. The summed E-state index contributed by atoms with van der Waals surface area (Å²) in [6, 6.07) is 5.95. The van der Waals surface area contributed by atoms with Crippen LogP contribution in [0.25, 0.3) is 0 Å². The van der Waals surface area contributed by atoms with Crippen molar-refractivity contribution in [2.45, 2.75) is 38.5 Å². The molecule has 1 N–H and O–H groups in total. The molecule has 106 valence electrons. The Bertz CT molecular complexity index is 390. The highest BCUT2D eigenvalue weighted by Gasteiger charge is 2.16. The molecular weight excluding hydrogens is 265 g/mol. The number of halogens is 2. The molecule has 0 aliphatic carbocycles. The topological polar surface area (TPSA) is 29.1 Å². The van der Waals surface area contributed by atoms with Crippen molar-refractivity contribution in [3.63, 3.8) is 0 Å². The van der Waals surface area contributed by atoms with Crippen molar-refractivity contribution in [2.75, 3.05) is 6.54 Å². The van der Waals surface area contributed by atoms with E-state index < -0.39 is 0 Å². The Labute approximate surface area is 119 Å². The molecule has 0 aromatic heterocycles. The summed E-state index contributed by atoms with van der Waals surface area (Å²) in [5.41, 5.74) is 0.799. The number of benzene rings is 1. The van der Waals surface area contributed by atoms with E-state index in [9.17, 15) is 9.18 Å². The van der Waals surface area contributed by atoms with E-state index in [1.165, 1.54) is 12.1 Å². The zero-order valence-corrected chi connectivity index (χ0v) is 12.2. The Morgan fingerprint density at radius 1 is 1.26 bits per heavy atom. The largest absolute Gasteiger partial charge is 0.354 e. The molecule has 0 saturated carbocycles. The Morgan fingerprint density at radius 3 is 2.37 bits per heavy atom. The molecule has 2 nitrogen and oxygen atoms in total. The fourth-order valence-electron chi connectivity index (χ4n) is 2.03. The molecule has 1 unspecified atom stereocenters. The molecule has 19 heavy (non-hydrogen) atoms. The fraction of sp³-hybridized carbons (Fsp3) is 0.533. The normalized spacial score (nSPS) is 12.5. The number of rotatable bonds is 7. The third-order valence-electron chi connectivity index (χ3n) is 3.33. The summed E-state index contributed by atoms with van der Waals surface area (Å²) < 4.78 is 12.7. The minimum absolute atomic E-state index is 0.0350. The smallest absolute Gasteiger partial charge is 0.224 e. The van der Waals surface area contributed by atoms with Gasteiger partial charge in [-0.2, -0.15) is 0 Å². The minimum atomic E-state index is -0.293. The van der Waals surface area contributed by atoms with E-state index in [0.717, 1.165) is 18.4 Å². The summed E-state index contributed by atoms with van der Waals surface area (Å²) in [5.74, 6) is 0.0507. The fourth-order valence-corrected chi connectivity index (χ4v) is 2.46. The second-order valence-corrected chi connectivity index (χ2v) is 5.26. The Balaban J connectivity index is 2.37. The monoisotopic (exact) mass is 285 g/mol. The van der Waals surface area contributed by atoms with Gasteiger partial charge in [-0.15, -0.1) is 11.6 Å². The number of hydrogen-bond donors (Lipinski definition) is 1. The molecule has 1 aromatic carbocycles. The van der Waals surface area contributed by atoms with Crippen molar-refractivity contribution < 1.29 is 9.18 Å². The molecule has 0 bridgehead atoms. The van der Waals surface area contributed by atoms with Crippen LogP contribution in [0.3, 0.4) is 0 Å². The molecule has 1 atom stereocenters. The third kappa shape index (κ3) is 5.60. The molecule has 0 saturated heterocycles. The van der Waals surface area contributed by atoms with Crippen molar-refractivity contribution in [1.29, 1.82) is 0 Å². The molecule has 0 heterocycles. The van der Waals surface area contributed by atoms with Gasteiger partial charge in [0.1, 0.15) is 5.82 Å². The standard InChI is InChI=1S/C15H21ClFNO/c1-3-12(4-2)14(16)10-18-15(19)9-11-5-7-13(17)8-6-11/h5-8,12,14H,3-4,9-10H2,1-2H3,(H,18,19). The molecule has 0 aliphatic heterocycles. The molecule has 1 rings (SSSR count). The number of carbonyl (C=O) groups excluding carboxylic acids is 1. The lowest BCUT2D eigenvalue weighted by Crippen LogP contribution is -2.34. The summed E-state index contributed by atoms with van der Waals surface area (Å²) in [5, 5.41) is 2.79.